The van der Waals surface area contributed by atoms with Gasteiger partial charge in [0.25, 0.3) is 5.91 Å². The summed E-state index contributed by atoms with van der Waals surface area (Å²) in [5, 5.41) is 0.414. The number of thiazole rings is 1. The topological polar surface area (TPSA) is 92.3 Å². The Labute approximate surface area is 231 Å². The first-order chi connectivity index (χ1) is 17.9. The lowest BCUT2D eigenvalue weighted by Crippen LogP contribution is -2.40. The monoisotopic (exact) mass is 584 g/mol. The van der Waals surface area contributed by atoms with Gasteiger partial charge in [-0.05, 0) is 42.8 Å². The Morgan fingerprint density at radius 1 is 1.00 bits per heavy atom. The van der Waals surface area contributed by atoms with Crippen molar-refractivity contribution >= 4 is 55.0 Å². The van der Waals surface area contributed by atoms with Crippen molar-refractivity contribution in [2.24, 2.45) is 0 Å². The highest BCUT2D eigenvalue weighted by molar-refractivity contribution is 7.89. The van der Waals surface area contributed by atoms with E-state index >= 15 is 0 Å². The molecule has 0 saturated carbocycles. The van der Waals surface area contributed by atoms with E-state index in [2.05, 4.69) is 9.88 Å². The van der Waals surface area contributed by atoms with Gasteiger partial charge in [-0.3, -0.25) is 14.6 Å². The molecule has 2 aliphatic rings. The number of hydrogen-bond donors (Lipinski definition) is 0. The SMILES string of the molecule is Cl.O=C(c1ccc(S(=O)(=O)N2CCOCC2)cc1)N(CCCN1CCOCC1)c1nc2c(F)cccc2s1. The van der Waals surface area contributed by atoms with Crippen molar-refractivity contribution in [2.45, 2.75) is 11.3 Å². The lowest BCUT2D eigenvalue weighted by Gasteiger charge is -2.28. The Balaban J connectivity index is 0.00000336. The maximum Gasteiger partial charge on any atom is 0.260 e. The first-order valence-corrected chi connectivity index (χ1v) is 14.5. The van der Waals surface area contributed by atoms with Gasteiger partial charge in [0.1, 0.15) is 11.3 Å². The summed E-state index contributed by atoms with van der Waals surface area (Å²) in [4.78, 5) is 22.1. The summed E-state index contributed by atoms with van der Waals surface area (Å²) in [6.45, 7) is 5.59. The molecule has 13 heteroatoms. The van der Waals surface area contributed by atoms with E-state index in [1.807, 2.05) is 0 Å². The molecule has 2 aliphatic heterocycles. The van der Waals surface area contributed by atoms with Gasteiger partial charge in [0.2, 0.25) is 10.0 Å². The highest BCUT2D eigenvalue weighted by atomic mass is 35.5. The minimum Gasteiger partial charge on any atom is -0.379 e. The van der Waals surface area contributed by atoms with Crippen molar-refractivity contribution in [3.05, 3.63) is 53.8 Å². The molecule has 0 unspecified atom stereocenters. The van der Waals surface area contributed by atoms with Gasteiger partial charge in [-0.2, -0.15) is 4.31 Å². The molecule has 2 saturated heterocycles. The molecule has 1 amide bonds. The number of nitrogens with zero attached hydrogens (tertiary/aromatic N) is 4. The second kappa shape index (κ2) is 12.8. The third-order valence-corrected chi connectivity index (χ3v) is 9.46. The number of sulfonamides is 1. The average Bonchev–Trinajstić information content (AvgIpc) is 3.37. The standard InChI is InChI=1S/C25H29FN4O5S2.ClH/c26-21-3-1-4-22-23(21)27-25(36-22)30(10-2-9-28-11-15-34-16-12-28)24(31)19-5-7-20(8-6-19)37(32,33)29-13-17-35-18-14-29;/h1,3-8H,2,9-18H2;1H. The fourth-order valence-corrected chi connectivity index (χ4v) is 6.85. The number of carbonyl (C=O) groups is 1. The van der Waals surface area contributed by atoms with Crippen LogP contribution in [0.5, 0.6) is 0 Å². The third-order valence-electron chi connectivity index (χ3n) is 6.50. The van der Waals surface area contributed by atoms with Crippen molar-refractivity contribution < 1.29 is 27.1 Å². The number of ether oxygens (including phenoxy) is 2. The number of carbonyl (C=O) groups excluding carboxylic acids is 1. The van der Waals surface area contributed by atoms with E-state index in [1.54, 1.807) is 17.0 Å². The summed E-state index contributed by atoms with van der Waals surface area (Å²) >= 11 is 1.26. The molecule has 0 spiro atoms. The number of rotatable bonds is 8. The summed E-state index contributed by atoms with van der Waals surface area (Å²) in [7, 11) is -3.66. The second-order valence-corrected chi connectivity index (χ2v) is 11.8. The van der Waals surface area contributed by atoms with Crippen molar-refractivity contribution in [1.29, 1.82) is 0 Å². The van der Waals surface area contributed by atoms with E-state index in [1.165, 1.54) is 46.0 Å². The summed E-state index contributed by atoms with van der Waals surface area (Å²) < 4.78 is 53.0. The molecule has 2 aromatic carbocycles. The molecular formula is C25H30ClFN4O5S2. The molecule has 9 nitrogen and oxygen atoms in total. The summed E-state index contributed by atoms with van der Waals surface area (Å²) in [6.07, 6.45) is 0.702. The number of para-hydroxylation sites is 1. The normalized spacial score (nSPS) is 17.3. The summed E-state index contributed by atoms with van der Waals surface area (Å²) in [5.41, 5.74) is 0.576. The maximum absolute atomic E-state index is 14.3. The van der Waals surface area contributed by atoms with E-state index in [0.29, 0.717) is 67.9 Å². The molecule has 3 aromatic rings. The predicted octanol–water partition coefficient (Wildman–Crippen LogP) is 3.25. The van der Waals surface area contributed by atoms with Crippen LogP contribution in [0.4, 0.5) is 9.52 Å². The second-order valence-electron chi connectivity index (χ2n) is 8.89. The van der Waals surface area contributed by atoms with Crippen LogP contribution >= 0.6 is 23.7 Å². The summed E-state index contributed by atoms with van der Waals surface area (Å²) in [6, 6.07) is 10.7. The Hall–Kier alpha value is -2.19. The van der Waals surface area contributed by atoms with Crippen molar-refractivity contribution in [3.63, 3.8) is 0 Å². The zero-order valence-electron chi connectivity index (χ0n) is 20.8. The summed E-state index contributed by atoms with van der Waals surface area (Å²) in [5.74, 6) is -0.741. The van der Waals surface area contributed by atoms with Crippen LogP contribution in [0.25, 0.3) is 10.2 Å². The number of fused-ring (bicyclic) bond motifs is 1. The van der Waals surface area contributed by atoms with Gasteiger partial charge in [-0.1, -0.05) is 17.4 Å². The maximum atomic E-state index is 14.3. The molecule has 0 bridgehead atoms. The van der Waals surface area contributed by atoms with E-state index < -0.39 is 15.8 Å². The van der Waals surface area contributed by atoms with Crippen LogP contribution in [0.2, 0.25) is 0 Å². The van der Waals surface area contributed by atoms with Gasteiger partial charge in [-0.25, -0.2) is 17.8 Å². The smallest absolute Gasteiger partial charge is 0.260 e. The number of hydrogen-bond acceptors (Lipinski definition) is 8. The molecule has 206 valence electrons. The van der Waals surface area contributed by atoms with E-state index in [4.69, 9.17) is 9.47 Å². The lowest BCUT2D eigenvalue weighted by atomic mass is 10.2. The van der Waals surface area contributed by atoms with Crippen LogP contribution in [0, 0.1) is 5.82 Å². The average molecular weight is 585 g/mol. The molecule has 1 aromatic heterocycles. The van der Waals surface area contributed by atoms with E-state index in [9.17, 15) is 17.6 Å². The molecule has 3 heterocycles. The molecule has 0 aliphatic carbocycles. The lowest BCUT2D eigenvalue weighted by molar-refractivity contribution is 0.0376. The fraction of sp³-hybridized carbons (Fsp3) is 0.440. The Kier molecular flexibility index (Phi) is 9.69. The van der Waals surface area contributed by atoms with E-state index in [0.717, 1.165) is 19.6 Å². The first-order valence-electron chi connectivity index (χ1n) is 12.3. The third kappa shape index (κ3) is 6.33. The molecule has 5 rings (SSSR count). The number of anilines is 1. The van der Waals surface area contributed by atoms with Crippen LogP contribution < -0.4 is 4.90 Å². The van der Waals surface area contributed by atoms with E-state index in [-0.39, 0.29) is 28.7 Å². The highest BCUT2D eigenvalue weighted by Gasteiger charge is 2.27. The molecule has 0 N–H and O–H groups in total. The number of morpholine rings is 2. The molecular weight excluding hydrogens is 555 g/mol. The van der Waals surface area contributed by atoms with Crippen molar-refractivity contribution in [2.75, 3.05) is 70.6 Å². The van der Waals surface area contributed by atoms with Crippen LogP contribution in [0.1, 0.15) is 16.8 Å². The molecule has 0 radical (unpaired) electrons. The number of aromatic nitrogens is 1. The highest BCUT2D eigenvalue weighted by Crippen LogP contribution is 2.31. The number of amides is 1. The zero-order valence-corrected chi connectivity index (χ0v) is 23.2. The minimum absolute atomic E-state index is 0. The minimum atomic E-state index is -3.66. The number of benzene rings is 2. The van der Waals surface area contributed by atoms with Gasteiger partial charge < -0.3 is 9.47 Å². The van der Waals surface area contributed by atoms with Gasteiger partial charge >= 0.3 is 0 Å². The van der Waals surface area contributed by atoms with Gasteiger partial charge in [0, 0.05) is 44.8 Å². The number of halogens is 2. The van der Waals surface area contributed by atoms with Crippen LogP contribution in [-0.2, 0) is 19.5 Å². The Morgan fingerprint density at radius 2 is 1.66 bits per heavy atom. The largest absolute Gasteiger partial charge is 0.379 e. The Morgan fingerprint density at radius 3 is 2.32 bits per heavy atom. The quantitative estimate of drug-likeness (QED) is 0.401. The first kappa shape index (κ1) is 28.8. The van der Waals surface area contributed by atoms with Crippen molar-refractivity contribution in [1.82, 2.24) is 14.2 Å². The van der Waals surface area contributed by atoms with Gasteiger partial charge in [0.15, 0.2) is 5.13 Å². The van der Waals surface area contributed by atoms with Crippen molar-refractivity contribution in [3.8, 4) is 0 Å². The van der Waals surface area contributed by atoms with Crippen LogP contribution in [-0.4, -0.2) is 94.2 Å². The van der Waals surface area contributed by atoms with Gasteiger partial charge in [-0.15, -0.1) is 12.4 Å². The van der Waals surface area contributed by atoms with Crippen LogP contribution in [0.3, 0.4) is 0 Å². The van der Waals surface area contributed by atoms with Crippen LogP contribution in [0.15, 0.2) is 47.4 Å². The molecule has 38 heavy (non-hydrogen) atoms. The predicted molar refractivity (Wildman–Crippen MR) is 146 cm³/mol. The fourth-order valence-electron chi connectivity index (χ4n) is 4.44. The Bertz CT molecular complexity index is 1340. The zero-order chi connectivity index (χ0) is 25.8. The molecule has 0 atom stereocenters. The molecule has 2 fully saturated rings. The van der Waals surface area contributed by atoms with Gasteiger partial charge in [0.05, 0.1) is 36.0 Å².